The summed E-state index contributed by atoms with van der Waals surface area (Å²) >= 11 is 6.02. The smallest absolute Gasteiger partial charge is 0.344 e. The molecule has 1 aliphatic rings. The maximum absolute atomic E-state index is 11.5. The van der Waals surface area contributed by atoms with E-state index in [4.69, 9.17) is 21.1 Å². The van der Waals surface area contributed by atoms with Crippen LogP contribution in [0.3, 0.4) is 0 Å². The molecule has 5 nitrogen and oxygen atoms in total. The van der Waals surface area contributed by atoms with Crippen molar-refractivity contribution in [2.24, 2.45) is 0 Å². The lowest BCUT2D eigenvalue weighted by atomic mass is 10.0. The highest BCUT2D eigenvalue weighted by molar-refractivity contribution is 6.30. The molecule has 0 fully saturated rings. The third-order valence-electron chi connectivity index (χ3n) is 5.14. The number of hydrogen-bond donors (Lipinski definition) is 2. The number of carbonyl (C=O) groups excluding carboxylic acids is 1. The number of carbonyl (C=O) groups is 1. The number of halogens is 2. The summed E-state index contributed by atoms with van der Waals surface area (Å²) in [7, 11) is 0. The fraction of sp³-hybridized carbons (Fsp3) is 0.435. The summed E-state index contributed by atoms with van der Waals surface area (Å²) in [5.41, 5.74) is 3.35. The largest absolute Gasteiger partial charge is 0.482 e. The van der Waals surface area contributed by atoms with Crippen molar-refractivity contribution in [1.82, 2.24) is 5.32 Å². The Kier molecular flexibility index (Phi) is 9.92. The second kappa shape index (κ2) is 12.2. The Morgan fingerprint density at radius 1 is 1.27 bits per heavy atom. The van der Waals surface area contributed by atoms with Crippen molar-refractivity contribution < 1.29 is 19.4 Å². The van der Waals surface area contributed by atoms with E-state index in [9.17, 15) is 9.90 Å². The molecule has 2 N–H and O–H groups in total. The van der Waals surface area contributed by atoms with Gasteiger partial charge in [0.25, 0.3) is 0 Å². The van der Waals surface area contributed by atoms with Crippen LogP contribution in [-0.2, 0) is 22.4 Å². The predicted octanol–water partition coefficient (Wildman–Crippen LogP) is 4.27. The van der Waals surface area contributed by atoms with E-state index in [0.29, 0.717) is 23.9 Å². The average molecular weight is 454 g/mol. The van der Waals surface area contributed by atoms with E-state index in [1.54, 1.807) is 19.1 Å². The Morgan fingerprint density at radius 2 is 2.10 bits per heavy atom. The minimum atomic E-state index is -0.601. The van der Waals surface area contributed by atoms with Gasteiger partial charge < -0.3 is 19.9 Å². The van der Waals surface area contributed by atoms with Crippen LogP contribution in [0.5, 0.6) is 5.75 Å². The number of rotatable bonds is 8. The molecular weight excluding hydrogens is 425 g/mol. The van der Waals surface area contributed by atoms with Crippen molar-refractivity contribution >= 4 is 30.0 Å². The Bertz CT molecular complexity index is 831. The van der Waals surface area contributed by atoms with E-state index in [1.165, 1.54) is 11.1 Å². The van der Waals surface area contributed by atoms with Gasteiger partial charge in [0, 0.05) is 17.6 Å². The Hall–Kier alpha value is -1.79. The summed E-state index contributed by atoms with van der Waals surface area (Å²) in [4.78, 5) is 11.5. The number of esters is 1. The van der Waals surface area contributed by atoms with E-state index in [-0.39, 0.29) is 31.0 Å². The topological polar surface area (TPSA) is 67.8 Å². The fourth-order valence-electron chi connectivity index (χ4n) is 3.66. The summed E-state index contributed by atoms with van der Waals surface area (Å²) in [6.07, 6.45) is 3.39. The van der Waals surface area contributed by atoms with Crippen LogP contribution >= 0.6 is 24.0 Å². The molecule has 1 unspecified atom stereocenters. The van der Waals surface area contributed by atoms with Gasteiger partial charge >= 0.3 is 5.97 Å². The lowest BCUT2D eigenvalue weighted by Crippen LogP contribution is -2.34. The molecule has 164 valence electrons. The quantitative estimate of drug-likeness (QED) is 0.461. The van der Waals surface area contributed by atoms with E-state index < -0.39 is 6.10 Å². The van der Waals surface area contributed by atoms with Crippen LogP contribution < -0.4 is 10.1 Å². The van der Waals surface area contributed by atoms with Gasteiger partial charge in [0.1, 0.15) is 5.75 Å². The zero-order valence-electron chi connectivity index (χ0n) is 17.1. The Labute approximate surface area is 189 Å². The Balaban J connectivity index is 0.00000320. The van der Waals surface area contributed by atoms with Gasteiger partial charge in [0.15, 0.2) is 6.61 Å². The second-order valence-corrected chi connectivity index (χ2v) is 7.73. The molecule has 0 aromatic heterocycles. The maximum Gasteiger partial charge on any atom is 0.344 e. The van der Waals surface area contributed by atoms with Gasteiger partial charge in [0.05, 0.1) is 12.7 Å². The fourth-order valence-corrected chi connectivity index (χ4v) is 3.86. The molecule has 3 rings (SSSR count). The molecule has 0 heterocycles. The first kappa shape index (κ1) is 24.5. The van der Waals surface area contributed by atoms with Crippen LogP contribution in [0.25, 0.3) is 0 Å². The van der Waals surface area contributed by atoms with Gasteiger partial charge in [-0.2, -0.15) is 0 Å². The number of nitrogens with one attached hydrogen (secondary N) is 1. The molecule has 2 aromatic carbocycles. The number of aliphatic hydroxyl groups is 1. The molecule has 0 radical (unpaired) electrons. The van der Waals surface area contributed by atoms with Gasteiger partial charge in [-0.05, 0) is 73.6 Å². The lowest BCUT2D eigenvalue weighted by Gasteiger charge is -2.20. The molecule has 30 heavy (non-hydrogen) atoms. The normalized spacial score (nSPS) is 16.6. The summed E-state index contributed by atoms with van der Waals surface area (Å²) in [6.45, 7) is 2.51. The molecule has 0 amide bonds. The summed E-state index contributed by atoms with van der Waals surface area (Å²) < 4.78 is 10.5. The highest BCUT2D eigenvalue weighted by atomic mass is 35.5. The minimum absolute atomic E-state index is 0. The van der Waals surface area contributed by atoms with Crippen molar-refractivity contribution in [2.75, 3.05) is 19.8 Å². The highest BCUT2D eigenvalue weighted by Crippen LogP contribution is 2.26. The van der Waals surface area contributed by atoms with E-state index in [1.807, 2.05) is 24.3 Å². The summed E-state index contributed by atoms with van der Waals surface area (Å²) in [6, 6.07) is 13.6. The zero-order chi connectivity index (χ0) is 20.6. The van der Waals surface area contributed by atoms with Gasteiger partial charge in [0.2, 0.25) is 0 Å². The number of fused-ring (bicyclic) bond motifs is 1. The summed E-state index contributed by atoms with van der Waals surface area (Å²) in [5, 5.41) is 14.6. The number of benzene rings is 2. The lowest BCUT2D eigenvalue weighted by molar-refractivity contribution is -0.145. The van der Waals surface area contributed by atoms with Crippen LogP contribution in [0.4, 0.5) is 0 Å². The van der Waals surface area contributed by atoms with Crippen LogP contribution in [0, 0.1) is 0 Å². The molecule has 2 atom stereocenters. The molecule has 0 aliphatic heterocycles. The first-order valence-electron chi connectivity index (χ1n) is 10.1. The number of ether oxygens (including phenoxy) is 2. The highest BCUT2D eigenvalue weighted by Gasteiger charge is 2.19. The van der Waals surface area contributed by atoms with Crippen LogP contribution in [0.15, 0.2) is 42.5 Å². The van der Waals surface area contributed by atoms with Crippen molar-refractivity contribution in [3.8, 4) is 5.75 Å². The van der Waals surface area contributed by atoms with Crippen LogP contribution in [0.1, 0.15) is 42.6 Å². The van der Waals surface area contributed by atoms with Crippen molar-refractivity contribution in [1.29, 1.82) is 0 Å². The number of hydrogen-bond acceptors (Lipinski definition) is 5. The predicted molar refractivity (Wildman–Crippen MR) is 121 cm³/mol. The monoisotopic (exact) mass is 453 g/mol. The number of aliphatic hydroxyl groups excluding tert-OH is 1. The molecule has 0 bridgehead atoms. The zero-order valence-corrected chi connectivity index (χ0v) is 18.7. The first-order valence-corrected chi connectivity index (χ1v) is 10.5. The maximum atomic E-state index is 11.5. The Morgan fingerprint density at radius 3 is 2.87 bits per heavy atom. The molecule has 7 heteroatoms. The second-order valence-electron chi connectivity index (χ2n) is 7.30. The van der Waals surface area contributed by atoms with Crippen LogP contribution in [0.2, 0.25) is 5.02 Å². The molecule has 0 saturated heterocycles. The average Bonchev–Trinajstić information content (AvgIpc) is 2.92. The number of aryl methyl sites for hydroxylation is 1. The molecule has 0 spiro atoms. The van der Waals surface area contributed by atoms with Crippen molar-refractivity contribution in [3.63, 3.8) is 0 Å². The van der Waals surface area contributed by atoms with E-state index >= 15 is 0 Å². The van der Waals surface area contributed by atoms with Crippen molar-refractivity contribution in [3.05, 3.63) is 64.2 Å². The third kappa shape index (κ3) is 7.17. The molecule has 0 saturated carbocycles. The van der Waals surface area contributed by atoms with Gasteiger partial charge in [-0.1, -0.05) is 29.8 Å². The molecule has 2 aromatic rings. The van der Waals surface area contributed by atoms with Gasteiger partial charge in [-0.15, -0.1) is 12.4 Å². The van der Waals surface area contributed by atoms with Gasteiger partial charge in [-0.25, -0.2) is 4.79 Å². The standard InChI is InChI=1S/C23H28ClNO4.ClH/c1-2-28-23(27)15-29-21-10-9-16-5-4-8-20(12-18(16)13-21)25-14-22(26)17-6-3-7-19(24)11-17;/h3,6-7,9-11,13,20,22,25-26H,2,4-5,8,12,14-15H2,1H3;1H/t20?,22-;/m0./s1. The van der Waals surface area contributed by atoms with Crippen LogP contribution in [-0.4, -0.2) is 36.9 Å². The van der Waals surface area contributed by atoms with E-state index in [2.05, 4.69) is 11.4 Å². The molecule has 1 aliphatic carbocycles. The third-order valence-corrected chi connectivity index (χ3v) is 5.37. The summed E-state index contributed by atoms with van der Waals surface area (Å²) in [5.74, 6) is 0.313. The first-order chi connectivity index (χ1) is 14.0. The van der Waals surface area contributed by atoms with Gasteiger partial charge in [-0.3, -0.25) is 0 Å². The molecular formula is C23H29Cl2NO4. The minimum Gasteiger partial charge on any atom is -0.482 e. The van der Waals surface area contributed by atoms with E-state index in [0.717, 1.165) is 31.2 Å². The van der Waals surface area contributed by atoms with Crippen molar-refractivity contribution in [2.45, 2.75) is 44.8 Å². The SMILES string of the molecule is CCOC(=O)COc1ccc2c(c1)CC(NC[C@H](O)c1cccc(Cl)c1)CCC2.Cl.